The molecule has 1 saturated heterocycles. The maximum atomic E-state index is 8.82. The first-order chi connectivity index (χ1) is 7.85. The van der Waals surface area contributed by atoms with Crippen LogP contribution in [0.5, 0.6) is 0 Å². The lowest BCUT2D eigenvalue weighted by Gasteiger charge is -2.27. The second kappa shape index (κ2) is 4.77. The van der Waals surface area contributed by atoms with Crippen LogP contribution in [0.3, 0.4) is 0 Å². The number of hydrogen-bond donors (Lipinski definition) is 1. The fourth-order valence-electron chi connectivity index (χ4n) is 1.60. The van der Waals surface area contributed by atoms with Crippen LogP contribution in [0.4, 0.5) is 11.5 Å². The topological polar surface area (TPSA) is 74.1 Å². The van der Waals surface area contributed by atoms with Crippen molar-refractivity contribution in [2.24, 2.45) is 0 Å². The van der Waals surface area contributed by atoms with Crippen molar-refractivity contribution in [2.75, 3.05) is 43.6 Å². The predicted octanol–water partition coefficient (Wildman–Crippen LogP) is 0.227. The molecule has 0 radical (unpaired) electrons. The molecule has 0 aliphatic carbocycles. The predicted molar refractivity (Wildman–Crippen MR) is 59.3 cm³/mol. The number of aromatic nitrogens is 2. The lowest BCUT2D eigenvalue weighted by Crippen LogP contribution is -2.37. The van der Waals surface area contributed by atoms with Gasteiger partial charge in [0.15, 0.2) is 11.5 Å². The largest absolute Gasteiger partial charge is 0.386 e. The number of nitriles is 1. The summed E-state index contributed by atoms with van der Waals surface area (Å²) < 4.78 is 5.26. The molecule has 0 amide bonds. The maximum Gasteiger partial charge on any atom is 0.186 e. The van der Waals surface area contributed by atoms with E-state index in [0.29, 0.717) is 24.6 Å². The molecule has 1 aromatic rings. The summed E-state index contributed by atoms with van der Waals surface area (Å²) in [6.45, 7) is 3.03. The van der Waals surface area contributed by atoms with E-state index in [1.807, 2.05) is 12.1 Å². The molecule has 0 bridgehead atoms. The molecule has 0 unspecified atom stereocenters. The molecular weight excluding hydrogens is 206 g/mol. The van der Waals surface area contributed by atoms with E-state index in [2.05, 4.69) is 20.4 Å². The quantitative estimate of drug-likeness (QED) is 0.767. The first-order valence-corrected chi connectivity index (χ1v) is 5.13. The highest BCUT2D eigenvalue weighted by atomic mass is 16.5. The van der Waals surface area contributed by atoms with Crippen molar-refractivity contribution in [2.45, 2.75) is 0 Å². The van der Waals surface area contributed by atoms with E-state index in [1.165, 1.54) is 0 Å². The summed E-state index contributed by atoms with van der Waals surface area (Å²) in [6.07, 6.45) is 0. The third-order valence-electron chi connectivity index (χ3n) is 2.49. The molecule has 1 aliphatic rings. The van der Waals surface area contributed by atoms with Crippen LogP contribution < -0.4 is 10.2 Å². The van der Waals surface area contributed by atoms with Crippen LogP contribution in [0.2, 0.25) is 0 Å². The van der Waals surface area contributed by atoms with Gasteiger partial charge < -0.3 is 15.0 Å². The summed E-state index contributed by atoms with van der Waals surface area (Å²) in [6, 6.07) is 3.84. The number of hydrogen-bond acceptors (Lipinski definition) is 6. The van der Waals surface area contributed by atoms with Crippen LogP contribution in [0.15, 0.2) is 6.07 Å². The summed E-state index contributed by atoms with van der Waals surface area (Å²) in [5, 5.41) is 19.7. The summed E-state index contributed by atoms with van der Waals surface area (Å²) in [5.74, 6) is 0.784. The monoisotopic (exact) mass is 219 g/mol. The Morgan fingerprint density at radius 3 is 2.81 bits per heavy atom. The van der Waals surface area contributed by atoms with Crippen molar-refractivity contribution in [3.63, 3.8) is 0 Å². The zero-order valence-corrected chi connectivity index (χ0v) is 9.10. The standard InChI is InChI=1S/C10H13N5O/c1-12-8-6-10(14-13-9(8)7-11)15-2-4-16-5-3-15/h6H,2-5H2,1H3,(H,12,14). The first-order valence-electron chi connectivity index (χ1n) is 5.13. The number of anilines is 2. The fourth-order valence-corrected chi connectivity index (χ4v) is 1.60. The second-order valence-electron chi connectivity index (χ2n) is 3.43. The minimum atomic E-state index is 0.319. The maximum absolute atomic E-state index is 8.82. The van der Waals surface area contributed by atoms with Gasteiger partial charge in [0.1, 0.15) is 6.07 Å². The molecule has 0 saturated carbocycles. The highest BCUT2D eigenvalue weighted by Gasteiger charge is 2.14. The van der Waals surface area contributed by atoms with Crippen molar-refractivity contribution >= 4 is 11.5 Å². The molecule has 1 aromatic heterocycles. The third kappa shape index (κ3) is 2.04. The highest BCUT2D eigenvalue weighted by molar-refractivity contribution is 5.59. The lowest BCUT2D eigenvalue weighted by atomic mass is 10.3. The molecule has 1 aliphatic heterocycles. The van der Waals surface area contributed by atoms with Crippen molar-refractivity contribution in [1.82, 2.24) is 10.2 Å². The van der Waals surface area contributed by atoms with Crippen LogP contribution in [-0.2, 0) is 4.74 Å². The molecule has 84 valence electrons. The zero-order chi connectivity index (χ0) is 11.4. The van der Waals surface area contributed by atoms with E-state index in [-0.39, 0.29) is 0 Å². The summed E-state index contributed by atoms with van der Waals surface area (Å²) in [7, 11) is 1.76. The molecule has 2 rings (SSSR count). The summed E-state index contributed by atoms with van der Waals surface area (Å²) >= 11 is 0. The van der Waals surface area contributed by atoms with Gasteiger partial charge in [0.2, 0.25) is 0 Å². The highest BCUT2D eigenvalue weighted by Crippen LogP contribution is 2.18. The average Bonchev–Trinajstić information content (AvgIpc) is 2.39. The first kappa shape index (κ1) is 10.6. The Hall–Kier alpha value is -1.87. The lowest BCUT2D eigenvalue weighted by molar-refractivity contribution is 0.122. The van der Waals surface area contributed by atoms with Crippen LogP contribution in [0, 0.1) is 11.3 Å². The minimum absolute atomic E-state index is 0.319. The third-order valence-corrected chi connectivity index (χ3v) is 2.49. The van der Waals surface area contributed by atoms with Crippen molar-refractivity contribution in [3.8, 4) is 6.07 Å². The SMILES string of the molecule is CNc1cc(N2CCOCC2)nnc1C#N. The number of morpholine rings is 1. The number of rotatable bonds is 2. The minimum Gasteiger partial charge on any atom is -0.386 e. The number of nitrogens with one attached hydrogen (secondary N) is 1. The Kier molecular flexibility index (Phi) is 3.17. The van der Waals surface area contributed by atoms with Gasteiger partial charge in [-0.25, -0.2) is 0 Å². The van der Waals surface area contributed by atoms with Crippen LogP contribution >= 0.6 is 0 Å². The van der Waals surface area contributed by atoms with Crippen LogP contribution in [0.1, 0.15) is 5.69 Å². The smallest absolute Gasteiger partial charge is 0.186 e. The van der Waals surface area contributed by atoms with E-state index >= 15 is 0 Å². The molecule has 1 fully saturated rings. The van der Waals surface area contributed by atoms with Gasteiger partial charge in [0, 0.05) is 26.2 Å². The van der Waals surface area contributed by atoms with Gasteiger partial charge in [-0.2, -0.15) is 5.26 Å². The zero-order valence-electron chi connectivity index (χ0n) is 9.10. The van der Waals surface area contributed by atoms with Crippen molar-refractivity contribution < 1.29 is 4.74 Å². The van der Waals surface area contributed by atoms with E-state index in [0.717, 1.165) is 18.9 Å². The van der Waals surface area contributed by atoms with Crippen molar-refractivity contribution in [3.05, 3.63) is 11.8 Å². The van der Waals surface area contributed by atoms with Gasteiger partial charge in [-0.3, -0.25) is 0 Å². The Morgan fingerprint density at radius 2 is 2.19 bits per heavy atom. The average molecular weight is 219 g/mol. The second-order valence-corrected chi connectivity index (χ2v) is 3.43. The van der Waals surface area contributed by atoms with Gasteiger partial charge in [0.05, 0.1) is 18.9 Å². The molecule has 16 heavy (non-hydrogen) atoms. The Balaban J connectivity index is 2.25. The molecular formula is C10H13N5O. The Morgan fingerprint density at radius 1 is 1.44 bits per heavy atom. The van der Waals surface area contributed by atoms with Crippen molar-refractivity contribution in [1.29, 1.82) is 5.26 Å². The molecule has 1 N–H and O–H groups in total. The number of ether oxygens (including phenoxy) is 1. The fraction of sp³-hybridized carbons (Fsp3) is 0.500. The Bertz CT molecular complexity index is 408. The van der Waals surface area contributed by atoms with Gasteiger partial charge in [0.25, 0.3) is 0 Å². The van der Waals surface area contributed by atoms with E-state index in [1.54, 1.807) is 7.05 Å². The summed E-state index contributed by atoms with van der Waals surface area (Å²) in [4.78, 5) is 2.10. The molecule has 0 aromatic carbocycles. The molecule has 6 heteroatoms. The van der Waals surface area contributed by atoms with E-state index < -0.39 is 0 Å². The normalized spacial score (nSPS) is 15.6. The van der Waals surface area contributed by atoms with Gasteiger partial charge >= 0.3 is 0 Å². The Labute approximate surface area is 93.8 Å². The molecule has 2 heterocycles. The molecule has 6 nitrogen and oxygen atoms in total. The van der Waals surface area contributed by atoms with Gasteiger partial charge in [-0.15, -0.1) is 10.2 Å². The van der Waals surface area contributed by atoms with Crippen LogP contribution in [-0.4, -0.2) is 43.5 Å². The van der Waals surface area contributed by atoms with Gasteiger partial charge in [-0.05, 0) is 0 Å². The summed E-state index contributed by atoms with van der Waals surface area (Å²) in [5.41, 5.74) is 1.03. The number of nitrogens with zero attached hydrogens (tertiary/aromatic N) is 4. The molecule has 0 atom stereocenters. The molecule has 0 spiro atoms. The van der Waals surface area contributed by atoms with Gasteiger partial charge in [-0.1, -0.05) is 0 Å². The van der Waals surface area contributed by atoms with Crippen LogP contribution in [0.25, 0.3) is 0 Å². The van der Waals surface area contributed by atoms with E-state index in [9.17, 15) is 0 Å². The van der Waals surface area contributed by atoms with E-state index in [4.69, 9.17) is 10.00 Å².